The maximum absolute atomic E-state index is 12.1. The van der Waals surface area contributed by atoms with Gasteiger partial charge in [-0.05, 0) is 32.0 Å². The molecule has 1 heterocycles. The highest BCUT2D eigenvalue weighted by atomic mass is 32.1. The Hall–Kier alpha value is -2.61. The number of benzene rings is 1. The summed E-state index contributed by atoms with van der Waals surface area (Å²) in [5.41, 5.74) is 2.12. The molecule has 0 aliphatic rings. The molecular weight excluding hydrogens is 352 g/mol. The van der Waals surface area contributed by atoms with Crippen LogP contribution in [-0.2, 0) is 11.2 Å². The summed E-state index contributed by atoms with van der Waals surface area (Å²) in [5.74, 6) is 0.409. The Morgan fingerprint density at radius 3 is 2.62 bits per heavy atom. The van der Waals surface area contributed by atoms with E-state index in [0.717, 1.165) is 10.7 Å². The van der Waals surface area contributed by atoms with Crippen LogP contribution in [0.15, 0.2) is 18.2 Å². The number of rotatable bonds is 7. The Labute approximate surface area is 157 Å². The number of methoxy groups -OCH3 is 1. The SMILES string of the molecule is CCC(=O)Nc1cc(NC(=O)NCCc2nc(C)c(C)s2)ccc1OC. The van der Waals surface area contributed by atoms with Crippen molar-refractivity contribution in [1.82, 2.24) is 10.3 Å². The molecule has 1 aromatic heterocycles. The van der Waals surface area contributed by atoms with Gasteiger partial charge in [-0.1, -0.05) is 6.92 Å². The minimum atomic E-state index is -0.312. The van der Waals surface area contributed by atoms with Crippen molar-refractivity contribution in [3.8, 4) is 5.75 Å². The van der Waals surface area contributed by atoms with Crippen molar-refractivity contribution >= 4 is 34.6 Å². The van der Waals surface area contributed by atoms with E-state index in [1.807, 2.05) is 13.8 Å². The third kappa shape index (κ3) is 5.45. The lowest BCUT2D eigenvalue weighted by Gasteiger charge is -2.12. The summed E-state index contributed by atoms with van der Waals surface area (Å²) in [6.07, 6.45) is 1.05. The highest BCUT2D eigenvalue weighted by Crippen LogP contribution is 2.28. The number of nitrogens with zero attached hydrogens (tertiary/aromatic N) is 1. The van der Waals surface area contributed by atoms with Crippen LogP contribution in [0.25, 0.3) is 0 Å². The van der Waals surface area contributed by atoms with Gasteiger partial charge >= 0.3 is 6.03 Å². The summed E-state index contributed by atoms with van der Waals surface area (Å²) in [7, 11) is 1.53. The summed E-state index contributed by atoms with van der Waals surface area (Å²) in [5, 5.41) is 9.32. The monoisotopic (exact) mass is 376 g/mol. The number of carbonyl (C=O) groups is 2. The van der Waals surface area contributed by atoms with Gasteiger partial charge < -0.3 is 20.7 Å². The van der Waals surface area contributed by atoms with Gasteiger partial charge in [0.1, 0.15) is 5.75 Å². The number of hydrogen-bond acceptors (Lipinski definition) is 5. The van der Waals surface area contributed by atoms with E-state index in [4.69, 9.17) is 4.74 Å². The molecule has 0 aliphatic heterocycles. The van der Waals surface area contributed by atoms with Crippen LogP contribution in [0.3, 0.4) is 0 Å². The van der Waals surface area contributed by atoms with Crippen LogP contribution in [0.5, 0.6) is 5.75 Å². The molecule has 26 heavy (non-hydrogen) atoms. The van der Waals surface area contributed by atoms with E-state index in [2.05, 4.69) is 20.9 Å². The molecule has 2 aromatic rings. The molecule has 2 rings (SSSR count). The Balaban J connectivity index is 1.91. The van der Waals surface area contributed by atoms with Crippen molar-refractivity contribution in [2.24, 2.45) is 0 Å². The van der Waals surface area contributed by atoms with Crippen molar-refractivity contribution in [1.29, 1.82) is 0 Å². The summed E-state index contributed by atoms with van der Waals surface area (Å²) >= 11 is 1.65. The molecule has 0 fully saturated rings. The molecule has 1 aromatic carbocycles. The number of amides is 3. The summed E-state index contributed by atoms with van der Waals surface area (Å²) in [6.45, 7) is 6.28. The first-order valence-electron chi connectivity index (χ1n) is 8.38. The van der Waals surface area contributed by atoms with Gasteiger partial charge in [-0.2, -0.15) is 0 Å². The van der Waals surface area contributed by atoms with Gasteiger partial charge in [-0.25, -0.2) is 9.78 Å². The number of aromatic nitrogens is 1. The molecule has 140 valence electrons. The van der Waals surface area contributed by atoms with Gasteiger partial charge in [-0.15, -0.1) is 11.3 Å². The molecule has 3 amide bonds. The lowest BCUT2D eigenvalue weighted by Crippen LogP contribution is -2.30. The van der Waals surface area contributed by atoms with Gasteiger partial charge in [0.15, 0.2) is 0 Å². The first kappa shape index (κ1) is 19.7. The van der Waals surface area contributed by atoms with E-state index in [1.165, 1.54) is 12.0 Å². The van der Waals surface area contributed by atoms with Gasteiger partial charge in [0.2, 0.25) is 5.91 Å². The van der Waals surface area contributed by atoms with E-state index >= 15 is 0 Å². The number of hydrogen-bond donors (Lipinski definition) is 3. The van der Waals surface area contributed by atoms with E-state index in [9.17, 15) is 9.59 Å². The summed E-state index contributed by atoms with van der Waals surface area (Å²) in [6, 6.07) is 4.77. The van der Waals surface area contributed by atoms with Gasteiger partial charge in [0.05, 0.1) is 23.5 Å². The molecule has 0 bridgehead atoms. The fourth-order valence-electron chi connectivity index (χ4n) is 2.23. The molecule has 3 N–H and O–H groups in total. The smallest absolute Gasteiger partial charge is 0.319 e. The Morgan fingerprint density at radius 2 is 2.00 bits per heavy atom. The van der Waals surface area contributed by atoms with Crippen molar-refractivity contribution in [2.45, 2.75) is 33.6 Å². The number of aryl methyl sites for hydroxylation is 2. The molecule has 7 nitrogen and oxygen atoms in total. The number of nitrogens with one attached hydrogen (secondary N) is 3. The van der Waals surface area contributed by atoms with Crippen LogP contribution in [-0.4, -0.2) is 30.6 Å². The predicted octanol–water partition coefficient (Wildman–Crippen LogP) is 3.48. The van der Waals surface area contributed by atoms with Gasteiger partial charge in [-0.3, -0.25) is 4.79 Å². The van der Waals surface area contributed by atoms with E-state index < -0.39 is 0 Å². The maximum atomic E-state index is 12.1. The normalized spacial score (nSPS) is 10.3. The number of urea groups is 1. The molecule has 0 atom stereocenters. The van der Waals surface area contributed by atoms with Crippen molar-refractivity contribution in [2.75, 3.05) is 24.3 Å². The average Bonchev–Trinajstić information content (AvgIpc) is 2.93. The highest BCUT2D eigenvalue weighted by molar-refractivity contribution is 7.11. The number of carbonyl (C=O) groups excluding carboxylic acids is 2. The summed E-state index contributed by atoms with van der Waals surface area (Å²) in [4.78, 5) is 29.3. The Bertz CT molecular complexity index is 769. The van der Waals surface area contributed by atoms with Crippen LogP contribution < -0.4 is 20.7 Å². The maximum Gasteiger partial charge on any atom is 0.319 e. The number of anilines is 2. The van der Waals surface area contributed by atoms with Crippen molar-refractivity contribution < 1.29 is 14.3 Å². The van der Waals surface area contributed by atoms with E-state index in [0.29, 0.717) is 36.5 Å². The number of ether oxygens (including phenoxy) is 1. The second kappa shape index (κ2) is 9.19. The van der Waals surface area contributed by atoms with Crippen LogP contribution in [0.1, 0.15) is 28.9 Å². The lowest BCUT2D eigenvalue weighted by atomic mass is 10.2. The van der Waals surface area contributed by atoms with Crippen LogP contribution in [0.4, 0.5) is 16.2 Å². The van der Waals surface area contributed by atoms with E-state index in [1.54, 1.807) is 36.5 Å². The quantitative estimate of drug-likeness (QED) is 0.690. The summed E-state index contributed by atoms with van der Waals surface area (Å²) < 4.78 is 5.23. The number of thiazole rings is 1. The van der Waals surface area contributed by atoms with E-state index in [-0.39, 0.29) is 11.9 Å². The van der Waals surface area contributed by atoms with Crippen molar-refractivity contribution in [3.63, 3.8) is 0 Å². The zero-order valence-corrected chi connectivity index (χ0v) is 16.3. The molecule has 0 saturated heterocycles. The lowest BCUT2D eigenvalue weighted by molar-refractivity contribution is -0.115. The van der Waals surface area contributed by atoms with Crippen molar-refractivity contribution in [3.05, 3.63) is 33.8 Å². The third-order valence-electron chi connectivity index (χ3n) is 3.75. The standard InChI is InChI=1S/C18H24N4O3S/c1-5-16(23)22-14-10-13(6-7-15(14)25-4)21-18(24)19-9-8-17-20-11(2)12(3)26-17/h6-7,10H,5,8-9H2,1-4H3,(H,22,23)(H2,19,21,24). The highest BCUT2D eigenvalue weighted by Gasteiger charge is 2.10. The Morgan fingerprint density at radius 1 is 1.23 bits per heavy atom. The zero-order chi connectivity index (χ0) is 19.1. The van der Waals surface area contributed by atoms with Crippen LogP contribution in [0, 0.1) is 13.8 Å². The first-order chi connectivity index (χ1) is 12.4. The fraction of sp³-hybridized carbons (Fsp3) is 0.389. The first-order valence-corrected chi connectivity index (χ1v) is 9.20. The topological polar surface area (TPSA) is 92.4 Å². The minimum Gasteiger partial charge on any atom is -0.495 e. The van der Waals surface area contributed by atoms with Gasteiger partial charge in [0.25, 0.3) is 0 Å². The third-order valence-corrected chi connectivity index (χ3v) is 4.88. The predicted molar refractivity (Wildman–Crippen MR) is 104 cm³/mol. The second-order valence-corrected chi connectivity index (χ2v) is 6.98. The second-order valence-electron chi connectivity index (χ2n) is 5.70. The molecule has 8 heteroatoms. The van der Waals surface area contributed by atoms with Crippen LogP contribution in [0.2, 0.25) is 0 Å². The molecule has 0 radical (unpaired) electrons. The largest absolute Gasteiger partial charge is 0.495 e. The minimum absolute atomic E-state index is 0.126. The molecule has 0 aliphatic carbocycles. The van der Waals surface area contributed by atoms with Gasteiger partial charge in [0, 0.05) is 30.0 Å². The average molecular weight is 376 g/mol. The van der Waals surface area contributed by atoms with Crippen LogP contribution >= 0.6 is 11.3 Å². The molecule has 0 spiro atoms. The zero-order valence-electron chi connectivity index (χ0n) is 15.4. The molecular formula is C18H24N4O3S. The fourth-order valence-corrected chi connectivity index (χ4v) is 3.16. The Kier molecular flexibility index (Phi) is 6.97. The molecule has 0 unspecified atom stereocenters. The molecule has 0 saturated carbocycles.